The summed E-state index contributed by atoms with van der Waals surface area (Å²) in [6.45, 7) is 4.73. The number of ether oxygens (including phenoxy) is 1. The molecule has 8 rings (SSSR count). The number of benzene rings is 2. The lowest BCUT2D eigenvalue weighted by molar-refractivity contribution is -0.134. The summed E-state index contributed by atoms with van der Waals surface area (Å²) in [5, 5.41) is 11.7. The summed E-state index contributed by atoms with van der Waals surface area (Å²) in [5.41, 5.74) is 3.49. The molecule has 3 saturated heterocycles. The van der Waals surface area contributed by atoms with Gasteiger partial charge in [0.05, 0.1) is 18.0 Å². The number of amides is 4. The number of pyridine rings is 2. The Labute approximate surface area is 310 Å². The maximum atomic E-state index is 15.8. The number of fused-ring (bicyclic) bond motifs is 2. The molecule has 0 atom stereocenters. The van der Waals surface area contributed by atoms with E-state index in [-0.39, 0.29) is 36.2 Å². The average molecular weight is 736 g/mol. The second-order valence-corrected chi connectivity index (χ2v) is 14.3. The molecule has 3 aliphatic rings. The largest absolute Gasteiger partial charge is 0.496 e. The van der Waals surface area contributed by atoms with E-state index in [0.717, 1.165) is 42.5 Å². The van der Waals surface area contributed by atoms with Crippen LogP contribution in [0, 0.1) is 11.7 Å². The van der Waals surface area contributed by atoms with E-state index in [9.17, 15) is 19.2 Å². The molecule has 14 nitrogen and oxygen atoms in total. The van der Waals surface area contributed by atoms with Crippen LogP contribution in [0.15, 0.2) is 59.8 Å². The van der Waals surface area contributed by atoms with Crippen LogP contribution in [0.25, 0.3) is 32.8 Å². The number of rotatable bonds is 8. The minimum Gasteiger partial charge on any atom is -0.496 e. The average Bonchev–Trinajstić information content (AvgIpc) is 3.60. The fourth-order valence-electron chi connectivity index (χ4n) is 7.96. The minimum atomic E-state index is -0.465. The number of piperidine rings is 1. The van der Waals surface area contributed by atoms with Crippen LogP contribution in [-0.4, -0.2) is 100 Å². The van der Waals surface area contributed by atoms with Crippen molar-refractivity contribution in [1.82, 2.24) is 34.9 Å². The molecule has 0 aliphatic carbocycles. The van der Waals surface area contributed by atoms with E-state index in [4.69, 9.17) is 4.74 Å². The van der Waals surface area contributed by atoms with Crippen molar-refractivity contribution in [3.63, 3.8) is 0 Å². The molecule has 54 heavy (non-hydrogen) atoms. The van der Waals surface area contributed by atoms with E-state index in [1.54, 1.807) is 25.5 Å². The molecule has 3 fully saturated rings. The summed E-state index contributed by atoms with van der Waals surface area (Å²) < 4.78 is 23.0. The molecule has 3 aliphatic heterocycles. The van der Waals surface area contributed by atoms with Crippen molar-refractivity contribution in [2.24, 2.45) is 13.0 Å². The Balaban J connectivity index is 0.844. The molecular weight excluding hydrogens is 693 g/mol. The number of H-pyrrole nitrogens is 1. The molecule has 0 saturated carbocycles. The Morgan fingerprint density at radius 2 is 1.76 bits per heavy atom. The van der Waals surface area contributed by atoms with Gasteiger partial charge in [0.2, 0.25) is 11.8 Å². The Hall–Kier alpha value is -5.83. The molecule has 6 heterocycles. The third-order valence-corrected chi connectivity index (χ3v) is 11.1. The Morgan fingerprint density at radius 1 is 0.963 bits per heavy atom. The number of urea groups is 1. The van der Waals surface area contributed by atoms with Crippen molar-refractivity contribution < 1.29 is 23.5 Å². The third-order valence-electron chi connectivity index (χ3n) is 11.1. The summed E-state index contributed by atoms with van der Waals surface area (Å²) in [6, 6.07) is 10.6. The highest BCUT2D eigenvalue weighted by atomic mass is 19.1. The monoisotopic (exact) mass is 735 g/mol. The standard InChI is InChI=1S/C39H42FN9O5/c1-45-22-30(27-5-9-41-21-29(27)38(45)52)25-18-32(40)31(34(19-25)54-2)23-46-13-15-48(16-14-46)36(51)17-24-6-10-47(11-7-24)26-3-4-28-33(20-26)43-44-37(28)49-12-8-35(50)42-39(49)53/h3-5,9,18-22,24H,6-8,10-17,23H2,1-2H3,(H,43,44)(H,42,50,53). The number of methoxy groups -OCH3 is 1. The van der Waals surface area contributed by atoms with Crippen LogP contribution >= 0.6 is 0 Å². The minimum absolute atomic E-state index is 0.163. The predicted octanol–water partition coefficient (Wildman–Crippen LogP) is 4.02. The van der Waals surface area contributed by atoms with Gasteiger partial charge in [-0.05, 0) is 66.1 Å². The second kappa shape index (κ2) is 14.5. The van der Waals surface area contributed by atoms with Gasteiger partial charge >= 0.3 is 6.03 Å². The van der Waals surface area contributed by atoms with Crippen LogP contribution in [0.3, 0.4) is 0 Å². The van der Waals surface area contributed by atoms with Gasteiger partial charge in [-0.25, -0.2) is 9.18 Å². The first-order chi connectivity index (χ1) is 26.2. The zero-order valence-electron chi connectivity index (χ0n) is 30.3. The lowest BCUT2D eigenvalue weighted by Crippen LogP contribution is -2.49. The summed E-state index contributed by atoms with van der Waals surface area (Å²) in [7, 11) is 3.20. The van der Waals surface area contributed by atoms with Gasteiger partial charge in [-0.3, -0.25) is 39.6 Å². The van der Waals surface area contributed by atoms with E-state index in [2.05, 4.69) is 30.3 Å². The zero-order chi connectivity index (χ0) is 37.5. The molecule has 0 unspecified atom stereocenters. The number of hydrogen-bond donors (Lipinski definition) is 2. The van der Waals surface area contributed by atoms with Gasteiger partial charge in [0.15, 0.2) is 5.82 Å². The van der Waals surface area contributed by atoms with Crippen LogP contribution in [0.1, 0.15) is 31.2 Å². The predicted molar refractivity (Wildman–Crippen MR) is 202 cm³/mol. The van der Waals surface area contributed by atoms with E-state index in [1.165, 1.54) is 28.8 Å². The highest BCUT2D eigenvalue weighted by Crippen LogP contribution is 2.35. The van der Waals surface area contributed by atoms with Crippen molar-refractivity contribution in [3.05, 3.63) is 76.7 Å². The number of nitrogens with zero attached hydrogens (tertiary/aromatic N) is 7. The van der Waals surface area contributed by atoms with Crippen LogP contribution < -0.4 is 25.4 Å². The van der Waals surface area contributed by atoms with Gasteiger partial charge in [0.25, 0.3) is 5.56 Å². The normalized spacial score (nSPS) is 17.4. The number of carbonyl (C=O) groups is 3. The zero-order valence-corrected chi connectivity index (χ0v) is 30.3. The quantitative estimate of drug-likeness (QED) is 0.241. The fourth-order valence-corrected chi connectivity index (χ4v) is 7.96. The van der Waals surface area contributed by atoms with Gasteiger partial charge < -0.3 is 19.1 Å². The van der Waals surface area contributed by atoms with E-state index in [1.807, 2.05) is 29.2 Å². The maximum Gasteiger partial charge on any atom is 0.329 e. The van der Waals surface area contributed by atoms with Crippen LogP contribution in [0.4, 0.5) is 20.7 Å². The summed E-state index contributed by atoms with van der Waals surface area (Å²) in [4.78, 5) is 62.0. The van der Waals surface area contributed by atoms with Crippen molar-refractivity contribution >= 4 is 51.0 Å². The van der Waals surface area contributed by atoms with E-state index in [0.29, 0.717) is 84.1 Å². The highest BCUT2D eigenvalue weighted by molar-refractivity contribution is 6.09. The van der Waals surface area contributed by atoms with Gasteiger partial charge in [-0.15, -0.1) is 0 Å². The van der Waals surface area contributed by atoms with E-state index < -0.39 is 6.03 Å². The number of nitrogens with one attached hydrogen (secondary N) is 2. The molecule has 0 spiro atoms. The first-order valence-electron chi connectivity index (χ1n) is 18.3. The fraction of sp³-hybridized carbons (Fsp3) is 0.385. The van der Waals surface area contributed by atoms with Crippen molar-refractivity contribution in [2.45, 2.75) is 32.2 Å². The molecule has 0 bridgehead atoms. The molecule has 5 aromatic rings. The molecule has 4 amide bonds. The first-order valence-corrected chi connectivity index (χ1v) is 18.3. The highest BCUT2D eigenvalue weighted by Gasteiger charge is 2.30. The summed E-state index contributed by atoms with van der Waals surface area (Å²) >= 11 is 0. The number of hydrogen-bond acceptors (Lipinski definition) is 9. The summed E-state index contributed by atoms with van der Waals surface area (Å²) in [6.07, 6.45) is 7.41. The Kier molecular flexibility index (Phi) is 9.48. The van der Waals surface area contributed by atoms with Gasteiger partial charge in [0.1, 0.15) is 11.6 Å². The number of aromatic amines is 1. The van der Waals surface area contributed by atoms with Crippen LogP contribution in [-0.2, 0) is 23.2 Å². The van der Waals surface area contributed by atoms with Gasteiger partial charge in [0, 0.05) is 113 Å². The third kappa shape index (κ3) is 6.75. The smallest absolute Gasteiger partial charge is 0.329 e. The number of piperazine rings is 1. The molecule has 2 N–H and O–H groups in total. The number of aryl methyl sites for hydroxylation is 1. The topological polar surface area (TPSA) is 149 Å². The molecule has 3 aromatic heterocycles. The van der Waals surface area contributed by atoms with Crippen molar-refractivity contribution in [1.29, 1.82) is 0 Å². The molecule has 15 heteroatoms. The Bertz CT molecular complexity index is 2330. The molecule has 280 valence electrons. The molecule has 2 aromatic carbocycles. The lowest BCUT2D eigenvalue weighted by atomic mass is 9.92. The second-order valence-electron chi connectivity index (χ2n) is 14.3. The van der Waals surface area contributed by atoms with Gasteiger partial charge in [-0.1, -0.05) is 0 Å². The number of carbonyl (C=O) groups excluding carboxylic acids is 3. The molecular formula is C39H42FN9O5. The SMILES string of the molecule is COc1cc(-c2cn(C)c(=O)c3cnccc23)cc(F)c1CN1CCN(C(=O)CC2CCN(c3ccc4c(N5CCC(=O)NC5=O)n[nH]c4c3)CC2)CC1. The van der Waals surface area contributed by atoms with Crippen molar-refractivity contribution in [3.8, 4) is 16.9 Å². The van der Waals surface area contributed by atoms with Crippen molar-refractivity contribution in [2.75, 3.05) is 62.7 Å². The van der Waals surface area contributed by atoms with E-state index >= 15 is 4.39 Å². The van der Waals surface area contributed by atoms with Gasteiger partial charge in [-0.2, -0.15) is 5.10 Å². The number of imide groups is 1. The number of aromatic nitrogens is 4. The summed E-state index contributed by atoms with van der Waals surface area (Å²) in [5.74, 6) is 0.734. The maximum absolute atomic E-state index is 15.8. The Morgan fingerprint density at radius 3 is 2.52 bits per heavy atom. The van der Waals surface area contributed by atoms with Crippen LogP contribution in [0.2, 0.25) is 0 Å². The molecule has 0 radical (unpaired) electrons. The number of halogens is 1. The lowest BCUT2D eigenvalue weighted by Gasteiger charge is -2.37. The number of anilines is 2. The first kappa shape index (κ1) is 35.2. The van der Waals surface area contributed by atoms with Crippen LogP contribution in [0.5, 0.6) is 5.75 Å².